The summed E-state index contributed by atoms with van der Waals surface area (Å²) in [5, 5.41) is 8.71. The van der Waals surface area contributed by atoms with E-state index in [0.29, 0.717) is 0 Å². The van der Waals surface area contributed by atoms with Crippen LogP contribution in [0.3, 0.4) is 0 Å². The fraction of sp³-hybridized carbons (Fsp3) is 0.0909. The number of carboxylic acids is 1. The van der Waals surface area contributed by atoms with Crippen LogP contribution in [0.4, 0.5) is 0 Å². The second-order valence-electron chi connectivity index (χ2n) is 5.96. The summed E-state index contributed by atoms with van der Waals surface area (Å²) >= 11 is 0. The van der Waals surface area contributed by atoms with Crippen LogP contribution in [-0.4, -0.2) is 30.1 Å². The molecule has 0 aromatic heterocycles. The quantitative estimate of drug-likeness (QED) is 0.874. The number of nitrogens with zero attached hydrogens (tertiary/aromatic N) is 1. The topological polar surface area (TPSA) is 49.7 Å². The SMILES string of the molecule is O=C(O)C1=NC2CC=CC=C2C=C1.[B](c1ccccc1)c1ccccc1. The van der Waals surface area contributed by atoms with Gasteiger partial charge in [0.05, 0.1) is 6.04 Å². The van der Waals surface area contributed by atoms with E-state index < -0.39 is 5.97 Å². The lowest BCUT2D eigenvalue weighted by Gasteiger charge is -2.18. The van der Waals surface area contributed by atoms with Crippen LogP contribution >= 0.6 is 0 Å². The number of allylic oxidation sites excluding steroid dienone is 2. The molecule has 26 heavy (non-hydrogen) atoms. The van der Waals surface area contributed by atoms with Crippen molar-refractivity contribution in [1.29, 1.82) is 0 Å². The summed E-state index contributed by atoms with van der Waals surface area (Å²) in [4.78, 5) is 14.7. The summed E-state index contributed by atoms with van der Waals surface area (Å²) in [5.74, 6) is -0.954. The molecule has 127 valence electrons. The maximum absolute atomic E-state index is 10.6. The van der Waals surface area contributed by atoms with Crippen LogP contribution in [0.25, 0.3) is 0 Å². The molecule has 4 rings (SSSR count). The summed E-state index contributed by atoms with van der Waals surface area (Å²) in [5.41, 5.74) is 3.73. The number of carbonyl (C=O) groups is 1. The van der Waals surface area contributed by atoms with Crippen molar-refractivity contribution < 1.29 is 9.90 Å². The van der Waals surface area contributed by atoms with Crippen molar-refractivity contribution in [2.75, 3.05) is 0 Å². The normalized spacial score (nSPS) is 17.2. The van der Waals surface area contributed by atoms with Crippen molar-refractivity contribution in [3.63, 3.8) is 0 Å². The molecular weight excluding hydrogens is 321 g/mol. The van der Waals surface area contributed by atoms with E-state index in [-0.39, 0.29) is 11.8 Å². The van der Waals surface area contributed by atoms with Crippen LogP contribution in [-0.2, 0) is 4.79 Å². The van der Waals surface area contributed by atoms with Crippen molar-refractivity contribution in [1.82, 2.24) is 0 Å². The first-order valence-electron chi connectivity index (χ1n) is 8.53. The van der Waals surface area contributed by atoms with Gasteiger partial charge in [-0.1, -0.05) is 95.9 Å². The van der Waals surface area contributed by atoms with Gasteiger partial charge in [-0.3, -0.25) is 4.99 Å². The molecule has 2 aromatic rings. The number of carboxylic acid groups (broad SMARTS) is 1. The molecule has 2 aromatic carbocycles. The average molecular weight is 340 g/mol. The predicted molar refractivity (Wildman–Crippen MR) is 108 cm³/mol. The first kappa shape index (κ1) is 17.7. The van der Waals surface area contributed by atoms with Gasteiger partial charge in [-0.05, 0) is 18.1 Å². The van der Waals surface area contributed by atoms with E-state index in [9.17, 15) is 4.79 Å². The maximum Gasteiger partial charge on any atom is 0.354 e. The van der Waals surface area contributed by atoms with E-state index in [0.717, 1.165) is 12.0 Å². The zero-order valence-electron chi connectivity index (χ0n) is 14.3. The molecule has 0 amide bonds. The Hall–Kier alpha value is -3.14. The number of fused-ring (bicyclic) bond motifs is 1. The monoisotopic (exact) mass is 340 g/mol. The highest BCUT2D eigenvalue weighted by Gasteiger charge is 2.18. The Balaban J connectivity index is 0.000000151. The first-order valence-corrected chi connectivity index (χ1v) is 8.53. The summed E-state index contributed by atoms with van der Waals surface area (Å²) in [7, 11) is 2.17. The first-order chi connectivity index (χ1) is 12.7. The zero-order valence-corrected chi connectivity index (χ0v) is 14.3. The Bertz CT molecular complexity index is 830. The molecule has 0 spiro atoms. The minimum Gasteiger partial charge on any atom is -0.477 e. The van der Waals surface area contributed by atoms with Crippen LogP contribution in [0.2, 0.25) is 0 Å². The van der Waals surface area contributed by atoms with Crippen molar-refractivity contribution in [2.24, 2.45) is 4.99 Å². The van der Waals surface area contributed by atoms with Gasteiger partial charge in [0.15, 0.2) is 7.28 Å². The zero-order chi connectivity index (χ0) is 18.2. The molecule has 1 atom stereocenters. The van der Waals surface area contributed by atoms with Gasteiger partial charge in [-0.15, -0.1) is 0 Å². The summed E-state index contributed by atoms with van der Waals surface area (Å²) in [6.07, 6.45) is 10.1. The van der Waals surface area contributed by atoms with E-state index in [2.05, 4.69) is 60.8 Å². The van der Waals surface area contributed by atoms with Crippen LogP contribution in [0.5, 0.6) is 0 Å². The number of hydrogen-bond acceptors (Lipinski definition) is 2. The van der Waals surface area contributed by atoms with Crippen LogP contribution in [0, 0.1) is 0 Å². The number of rotatable bonds is 3. The molecule has 1 N–H and O–H groups in total. The minimum absolute atomic E-state index is 0.0149. The number of benzene rings is 2. The highest BCUT2D eigenvalue weighted by Crippen LogP contribution is 2.21. The Morgan fingerprint density at radius 2 is 1.58 bits per heavy atom. The molecule has 1 heterocycles. The number of aliphatic imine (C=N–C) groups is 1. The fourth-order valence-corrected chi connectivity index (χ4v) is 2.73. The van der Waals surface area contributed by atoms with Gasteiger partial charge in [-0.2, -0.15) is 0 Å². The standard InChI is InChI=1S/C12H10B.C10H9NO2/c1-3-7-11(8-4-1)13-12-9-5-2-6-10-12;12-10(13)9-6-5-7-3-1-2-4-8(7)11-9/h1-10H;1-3,5-6,8H,4H2,(H,12,13). The second kappa shape index (κ2) is 8.81. The molecule has 0 fully saturated rings. The predicted octanol–water partition coefficient (Wildman–Crippen LogP) is 2.68. The Kier molecular flexibility index (Phi) is 5.99. The molecule has 3 nitrogen and oxygen atoms in total. The molecule has 1 aliphatic heterocycles. The van der Waals surface area contributed by atoms with Crippen molar-refractivity contribution >= 4 is 29.9 Å². The molecule has 4 heteroatoms. The lowest BCUT2D eigenvalue weighted by atomic mass is 9.64. The van der Waals surface area contributed by atoms with Gasteiger partial charge in [0.2, 0.25) is 0 Å². The highest BCUT2D eigenvalue weighted by molar-refractivity contribution is 6.67. The Labute approximate surface area is 154 Å². The van der Waals surface area contributed by atoms with E-state index in [4.69, 9.17) is 5.11 Å². The minimum atomic E-state index is -0.954. The second-order valence-corrected chi connectivity index (χ2v) is 5.96. The maximum atomic E-state index is 10.6. The van der Waals surface area contributed by atoms with Crippen molar-refractivity contribution in [3.05, 3.63) is 96.6 Å². The van der Waals surface area contributed by atoms with E-state index >= 15 is 0 Å². The third-order valence-electron chi connectivity index (χ3n) is 4.05. The lowest BCUT2D eigenvalue weighted by Crippen LogP contribution is -2.26. The average Bonchev–Trinajstić information content (AvgIpc) is 2.70. The third kappa shape index (κ3) is 4.93. The third-order valence-corrected chi connectivity index (χ3v) is 4.05. The van der Waals surface area contributed by atoms with Crippen LogP contribution in [0.15, 0.2) is 102 Å². The van der Waals surface area contributed by atoms with Gasteiger partial charge in [0, 0.05) is 0 Å². The van der Waals surface area contributed by atoms with Gasteiger partial charge in [0.1, 0.15) is 5.71 Å². The van der Waals surface area contributed by atoms with Crippen LogP contribution in [0.1, 0.15) is 6.42 Å². The van der Waals surface area contributed by atoms with Crippen molar-refractivity contribution in [3.8, 4) is 0 Å². The van der Waals surface area contributed by atoms with Gasteiger partial charge >= 0.3 is 5.97 Å². The smallest absolute Gasteiger partial charge is 0.354 e. The largest absolute Gasteiger partial charge is 0.477 e. The van der Waals surface area contributed by atoms with E-state index in [1.165, 1.54) is 10.9 Å². The summed E-state index contributed by atoms with van der Waals surface area (Å²) in [6.45, 7) is 0. The number of hydrogen-bond donors (Lipinski definition) is 1. The lowest BCUT2D eigenvalue weighted by molar-refractivity contribution is -0.129. The van der Waals surface area contributed by atoms with Crippen molar-refractivity contribution in [2.45, 2.75) is 12.5 Å². The fourth-order valence-electron chi connectivity index (χ4n) is 2.73. The Morgan fingerprint density at radius 1 is 0.962 bits per heavy atom. The highest BCUT2D eigenvalue weighted by atomic mass is 16.4. The molecular formula is C22H19BNO2. The summed E-state index contributed by atoms with van der Waals surface area (Å²) in [6, 6.07) is 20.7. The molecule has 0 saturated heterocycles. The number of dihydropyridines is 1. The van der Waals surface area contributed by atoms with Crippen LogP contribution < -0.4 is 10.9 Å². The molecule has 0 saturated carbocycles. The summed E-state index contributed by atoms with van der Waals surface area (Å²) < 4.78 is 0. The number of aliphatic carboxylic acids is 1. The van der Waals surface area contributed by atoms with E-state index in [1.807, 2.05) is 36.4 Å². The molecule has 1 radical (unpaired) electrons. The van der Waals surface area contributed by atoms with Gasteiger partial charge < -0.3 is 5.11 Å². The molecule has 2 aliphatic rings. The van der Waals surface area contributed by atoms with Gasteiger partial charge in [-0.25, -0.2) is 4.79 Å². The molecule has 1 unspecified atom stereocenters. The molecule has 1 aliphatic carbocycles. The van der Waals surface area contributed by atoms with E-state index in [1.54, 1.807) is 6.08 Å². The Morgan fingerprint density at radius 3 is 2.15 bits per heavy atom. The van der Waals surface area contributed by atoms with Gasteiger partial charge in [0.25, 0.3) is 0 Å². The molecule has 0 bridgehead atoms.